The molecule has 1 rings (SSSR count). The van der Waals surface area contributed by atoms with Crippen molar-refractivity contribution in [2.24, 2.45) is 0 Å². The van der Waals surface area contributed by atoms with E-state index in [1.54, 1.807) is 11.8 Å². The molecule has 0 saturated heterocycles. The molecule has 96 valence electrons. The molecule has 0 spiro atoms. The molecule has 6 heteroatoms. The van der Waals surface area contributed by atoms with Gasteiger partial charge in [-0.1, -0.05) is 18.5 Å². The maximum atomic E-state index is 13.8. The highest BCUT2D eigenvalue weighted by molar-refractivity contribution is 7.99. The molecule has 0 heterocycles. The molecule has 0 aliphatic carbocycles. The van der Waals surface area contributed by atoms with Gasteiger partial charge in [0.15, 0.2) is 5.82 Å². The van der Waals surface area contributed by atoms with Crippen molar-refractivity contribution in [2.75, 3.05) is 29.6 Å². The Labute approximate surface area is 110 Å². The molecule has 0 aromatic heterocycles. The van der Waals surface area contributed by atoms with Gasteiger partial charge in [-0.25, -0.2) is 4.39 Å². The third-order valence-corrected chi connectivity index (χ3v) is 3.94. The van der Waals surface area contributed by atoms with Crippen LogP contribution in [0.4, 0.5) is 21.5 Å². The lowest BCUT2D eigenvalue weighted by molar-refractivity contribution is 0.631. The Bertz CT molecular complexity index is 401. The van der Waals surface area contributed by atoms with E-state index in [2.05, 4.69) is 12.2 Å². The zero-order valence-corrected chi connectivity index (χ0v) is 11.5. The van der Waals surface area contributed by atoms with Crippen LogP contribution in [0.2, 0.25) is 5.02 Å². The highest BCUT2D eigenvalue weighted by Gasteiger charge is 2.13. The van der Waals surface area contributed by atoms with Gasteiger partial charge in [0.1, 0.15) is 5.02 Å². The number of nitrogens with two attached hydrogens (primary N) is 2. The summed E-state index contributed by atoms with van der Waals surface area (Å²) >= 11 is 7.49. The van der Waals surface area contributed by atoms with E-state index in [9.17, 15) is 4.39 Å². The van der Waals surface area contributed by atoms with Crippen LogP contribution in [0.15, 0.2) is 6.07 Å². The second kappa shape index (κ2) is 6.21. The molecule has 0 fully saturated rings. The summed E-state index contributed by atoms with van der Waals surface area (Å²) in [5.74, 6) is -0.582. The highest BCUT2D eigenvalue weighted by Crippen LogP contribution is 2.33. The van der Waals surface area contributed by atoms with E-state index in [0.717, 1.165) is 6.42 Å². The maximum Gasteiger partial charge on any atom is 0.169 e. The molecule has 5 N–H and O–H groups in total. The van der Waals surface area contributed by atoms with Gasteiger partial charge in [0.2, 0.25) is 0 Å². The number of hydrogen-bond donors (Lipinski definition) is 3. The van der Waals surface area contributed by atoms with E-state index >= 15 is 0 Å². The van der Waals surface area contributed by atoms with Gasteiger partial charge in [-0.05, 0) is 18.7 Å². The van der Waals surface area contributed by atoms with E-state index in [1.807, 2.05) is 6.26 Å². The lowest BCUT2D eigenvalue weighted by Crippen LogP contribution is -2.11. The lowest BCUT2D eigenvalue weighted by atomic mass is 10.2. The SMILES string of the molecule is CSC(C)CCNc1c(N)cc(N)c(Cl)c1F. The third kappa shape index (κ3) is 3.57. The van der Waals surface area contributed by atoms with Crippen LogP contribution in [-0.4, -0.2) is 18.1 Å². The molecule has 1 atom stereocenters. The monoisotopic (exact) mass is 277 g/mol. The molecule has 1 unspecified atom stereocenters. The van der Waals surface area contributed by atoms with Gasteiger partial charge >= 0.3 is 0 Å². The molecule has 17 heavy (non-hydrogen) atoms. The van der Waals surface area contributed by atoms with Gasteiger partial charge in [0, 0.05) is 11.8 Å². The molecular weight excluding hydrogens is 261 g/mol. The van der Waals surface area contributed by atoms with E-state index in [-0.39, 0.29) is 22.1 Å². The van der Waals surface area contributed by atoms with Crippen LogP contribution >= 0.6 is 23.4 Å². The molecule has 0 bridgehead atoms. The summed E-state index contributed by atoms with van der Waals surface area (Å²) in [7, 11) is 0. The fraction of sp³-hybridized carbons (Fsp3) is 0.455. The van der Waals surface area contributed by atoms with Gasteiger partial charge in [-0.15, -0.1) is 0 Å². The van der Waals surface area contributed by atoms with Crippen LogP contribution in [0.1, 0.15) is 13.3 Å². The minimum Gasteiger partial charge on any atom is -0.397 e. The molecule has 0 saturated carbocycles. The first kappa shape index (κ1) is 14.3. The van der Waals surface area contributed by atoms with E-state index in [1.165, 1.54) is 6.07 Å². The van der Waals surface area contributed by atoms with Gasteiger partial charge < -0.3 is 16.8 Å². The predicted molar refractivity (Wildman–Crippen MR) is 76.3 cm³/mol. The summed E-state index contributed by atoms with van der Waals surface area (Å²) in [5, 5.41) is 3.39. The Morgan fingerprint density at radius 3 is 2.71 bits per heavy atom. The number of thioether (sulfide) groups is 1. The van der Waals surface area contributed by atoms with Crippen LogP contribution in [0.3, 0.4) is 0 Å². The Morgan fingerprint density at radius 2 is 2.12 bits per heavy atom. The van der Waals surface area contributed by atoms with E-state index in [4.69, 9.17) is 23.1 Å². The zero-order valence-electron chi connectivity index (χ0n) is 9.89. The van der Waals surface area contributed by atoms with Gasteiger partial charge in [0.25, 0.3) is 0 Å². The molecule has 1 aromatic rings. The van der Waals surface area contributed by atoms with Crippen molar-refractivity contribution in [3.63, 3.8) is 0 Å². The summed E-state index contributed by atoms with van der Waals surface area (Å²) in [6.07, 6.45) is 2.96. The zero-order chi connectivity index (χ0) is 13.0. The standard InChI is InChI=1S/C11H17ClFN3S/c1-6(17-2)3-4-16-11-8(15)5-7(14)9(12)10(11)13/h5-6,16H,3-4,14-15H2,1-2H3. The van der Waals surface area contributed by atoms with Crippen LogP contribution < -0.4 is 16.8 Å². The largest absolute Gasteiger partial charge is 0.397 e. The summed E-state index contributed by atoms with van der Waals surface area (Å²) in [4.78, 5) is 0. The van der Waals surface area contributed by atoms with Crippen molar-refractivity contribution < 1.29 is 4.39 Å². The van der Waals surface area contributed by atoms with Gasteiger partial charge in [0.05, 0.1) is 17.1 Å². The normalized spacial score (nSPS) is 12.5. The minimum atomic E-state index is -0.582. The number of hydrogen-bond acceptors (Lipinski definition) is 4. The minimum absolute atomic E-state index is 0.0837. The Balaban J connectivity index is 2.75. The first-order chi connectivity index (χ1) is 7.97. The fourth-order valence-corrected chi connectivity index (χ4v) is 1.87. The molecule has 1 aromatic carbocycles. The van der Waals surface area contributed by atoms with Crippen LogP contribution in [-0.2, 0) is 0 Å². The second-order valence-electron chi connectivity index (χ2n) is 3.82. The van der Waals surface area contributed by atoms with Crippen molar-refractivity contribution in [2.45, 2.75) is 18.6 Å². The highest BCUT2D eigenvalue weighted by atomic mass is 35.5. The maximum absolute atomic E-state index is 13.8. The topological polar surface area (TPSA) is 64.1 Å². The van der Waals surface area contributed by atoms with Crippen molar-refractivity contribution in [3.05, 3.63) is 16.9 Å². The number of halogens is 2. The molecule has 0 amide bonds. The number of nitrogen functional groups attached to an aromatic ring is 2. The molecule has 0 aliphatic rings. The second-order valence-corrected chi connectivity index (χ2v) is 5.47. The first-order valence-electron chi connectivity index (χ1n) is 5.27. The molecule has 0 radical (unpaired) electrons. The first-order valence-corrected chi connectivity index (χ1v) is 6.93. The summed E-state index contributed by atoms with van der Waals surface area (Å²) in [6.45, 7) is 2.76. The van der Waals surface area contributed by atoms with Crippen molar-refractivity contribution in [3.8, 4) is 0 Å². The number of nitrogens with one attached hydrogen (secondary N) is 1. The van der Waals surface area contributed by atoms with Gasteiger partial charge in [-0.2, -0.15) is 11.8 Å². The average Bonchev–Trinajstić information content (AvgIpc) is 2.30. The third-order valence-electron chi connectivity index (χ3n) is 2.52. The Kier molecular flexibility index (Phi) is 5.21. The summed E-state index contributed by atoms with van der Waals surface area (Å²) < 4.78 is 13.8. The summed E-state index contributed by atoms with van der Waals surface area (Å²) in [5.41, 5.74) is 11.9. The predicted octanol–water partition coefficient (Wildman–Crippen LogP) is 3.20. The van der Waals surface area contributed by atoms with Crippen LogP contribution in [0.5, 0.6) is 0 Å². The van der Waals surface area contributed by atoms with Crippen LogP contribution in [0.25, 0.3) is 0 Å². The Morgan fingerprint density at radius 1 is 1.47 bits per heavy atom. The van der Waals surface area contributed by atoms with E-state index < -0.39 is 5.82 Å². The quantitative estimate of drug-likeness (QED) is 0.723. The number of benzene rings is 1. The van der Waals surface area contributed by atoms with Crippen LogP contribution in [0, 0.1) is 5.82 Å². The van der Waals surface area contributed by atoms with Crippen molar-refractivity contribution in [1.82, 2.24) is 0 Å². The summed E-state index contributed by atoms with van der Waals surface area (Å²) in [6, 6.07) is 1.46. The van der Waals surface area contributed by atoms with Crippen molar-refractivity contribution in [1.29, 1.82) is 0 Å². The molecular formula is C11H17ClFN3S. The number of anilines is 3. The van der Waals surface area contributed by atoms with E-state index in [0.29, 0.717) is 11.8 Å². The number of rotatable bonds is 5. The molecule has 3 nitrogen and oxygen atoms in total. The van der Waals surface area contributed by atoms with Gasteiger partial charge in [-0.3, -0.25) is 0 Å². The smallest absolute Gasteiger partial charge is 0.169 e. The van der Waals surface area contributed by atoms with Crippen molar-refractivity contribution >= 4 is 40.4 Å². The fourth-order valence-electron chi connectivity index (χ4n) is 1.36. The molecule has 0 aliphatic heterocycles. The average molecular weight is 278 g/mol. The Hall–Kier alpha value is -0.810. The lowest BCUT2D eigenvalue weighted by Gasteiger charge is -2.14.